The molecule has 2 N–H and O–H groups in total. The summed E-state index contributed by atoms with van der Waals surface area (Å²) in [6.07, 6.45) is 3.05. The molecular formula is C41H52O8. The topological polar surface area (TPSA) is 112 Å². The van der Waals surface area contributed by atoms with Gasteiger partial charge in [-0.05, 0) is 97.8 Å². The van der Waals surface area contributed by atoms with E-state index in [4.69, 9.17) is 18.9 Å². The first-order chi connectivity index (χ1) is 23.4. The number of benzene rings is 2. The Labute approximate surface area is 289 Å². The molecule has 2 heterocycles. The zero-order valence-corrected chi connectivity index (χ0v) is 29.3. The normalized spacial score (nSPS) is 47.0. The number of ether oxygens (including phenoxy) is 4. The van der Waals surface area contributed by atoms with Gasteiger partial charge in [0.2, 0.25) is 0 Å². The molecule has 0 radical (unpaired) electrons. The van der Waals surface area contributed by atoms with E-state index in [0.717, 1.165) is 38.7 Å². The Balaban J connectivity index is 1.08. The molecular weight excluding hydrogens is 620 g/mol. The lowest BCUT2D eigenvalue weighted by molar-refractivity contribution is -0.286. The van der Waals surface area contributed by atoms with E-state index >= 15 is 0 Å². The van der Waals surface area contributed by atoms with Crippen molar-refractivity contribution in [1.29, 1.82) is 0 Å². The van der Waals surface area contributed by atoms with Crippen LogP contribution in [-0.2, 0) is 18.9 Å². The summed E-state index contributed by atoms with van der Waals surface area (Å²) in [6, 6.07) is 17.5. The molecule has 4 aliphatic carbocycles. The number of carbonyl (C=O) groups excluding carboxylic acids is 2. The van der Waals surface area contributed by atoms with Gasteiger partial charge in [-0.15, -0.1) is 0 Å². The number of aliphatic hydroxyl groups excluding tert-OH is 1. The fourth-order valence-corrected chi connectivity index (χ4v) is 12.1. The average molecular weight is 673 g/mol. The Kier molecular flexibility index (Phi) is 8.10. The summed E-state index contributed by atoms with van der Waals surface area (Å²) in [5.41, 5.74) is -1.47. The number of carbonyl (C=O) groups is 2. The zero-order chi connectivity index (χ0) is 34.3. The van der Waals surface area contributed by atoms with E-state index in [1.807, 2.05) is 12.1 Å². The van der Waals surface area contributed by atoms with Crippen molar-refractivity contribution in [3.05, 3.63) is 71.8 Å². The minimum Gasteiger partial charge on any atom is -0.455 e. The number of hydrogen-bond acceptors (Lipinski definition) is 8. The van der Waals surface area contributed by atoms with Crippen molar-refractivity contribution in [2.75, 3.05) is 6.61 Å². The van der Waals surface area contributed by atoms with Crippen LogP contribution in [0.15, 0.2) is 60.7 Å². The van der Waals surface area contributed by atoms with Crippen LogP contribution in [0.4, 0.5) is 0 Å². The molecule has 2 aromatic rings. The molecule has 0 bridgehead atoms. The van der Waals surface area contributed by atoms with Crippen molar-refractivity contribution >= 4 is 11.9 Å². The van der Waals surface area contributed by atoms with E-state index < -0.39 is 47.1 Å². The summed E-state index contributed by atoms with van der Waals surface area (Å²) in [5.74, 6) is 0.296. The second-order valence-electron chi connectivity index (χ2n) is 17.0. The van der Waals surface area contributed by atoms with Gasteiger partial charge in [0.15, 0.2) is 5.79 Å². The summed E-state index contributed by atoms with van der Waals surface area (Å²) in [6.45, 7) is 9.85. The van der Waals surface area contributed by atoms with Crippen LogP contribution >= 0.6 is 0 Å². The van der Waals surface area contributed by atoms with Crippen molar-refractivity contribution in [2.45, 2.75) is 115 Å². The smallest absolute Gasteiger partial charge is 0.338 e. The number of fused-ring (bicyclic) bond motifs is 7. The molecule has 2 saturated heterocycles. The van der Waals surface area contributed by atoms with Crippen LogP contribution in [0.2, 0.25) is 0 Å². The van der Waals surface area contributed by atoms with Gasteiger partial charge in [-0.2, -0.15) is 0 Å². The third kappa shape index (κ3) is 5.06. The van der Waals surface area contributed by atoms with E-state index in [1.54, 1.807) is 48.5 Å². The molecule has 6 aliphatic rings. The Bertz CT molecular complexity index is 1560. The maximum absolute atomic E-state index is 13.5. The molecule has 2 aliphatic heterocycles. The van der Waals surface area contributed by atoms with Crippen molar-refractivity contribution < 1.29 is 38.7 Å². The molecule has 4 saturated carbocycles. The first-order valence-electron chi connectivity index (χ1n) is 18.6. The number of rotatable bonds is 4. The maximum atomic E-state index is 13.5. The second-order valence-corrected chi connectivity index (χ2v) is 17.0. The quantitative estimate of drug-likeness (QED) is 0.351. The van der Waals surface area contributed by atoms with Crippen LogP contribution in [0, 0.1) is 46.3 Å². The van der Waals surface area contributed by atoms with Crippen molar-refractivity contribution in [2.24, 2.45) is 46.3 Å². The van der Waals surface area contributed by atoms with Crippen LogP contribution in [0.25, 0.3) is 0 Å². The van der Waals surface area contributed by atoms with Gasteiger partial charge in [0.05, 0.1) is 35.5 Å². The van der Waals surface area contributed by atoms with Crippen LogP contribution < -0.4 is 0 Å². The molecule has 8 nitrogen and oxygen atoms in total. The van der Waals surface area contributed by atoms with E-state index in [2.05, 4.69) is 27.7 Å². The standard InChI is InChI=1S/C41H52O8/c1-24-15-18-41(46-23-24)25(2)35-31(49-41)20-30-28-19-34(42)40(45)22-33(48-37(44)27-13-9-6-10-14-27)32(47-36(43)26-11-7-5-8-12-26)21-39(40,4)29(28)16-17-38(30,35)3/h5-14,24-25,28-35,42,45H,15-23H2,1-4H3/t24-,25+,28-,29?,30?,31+,32-,33-,34-,35+,38+,39-,40+,41-/m1/s1. The molecule has 14 atom stereocenters. The van der Waals surface area contributed by atoms with Gasteiger partial charge in [-0.3, -0.25) is 0 Å². The van der Waals surface area contributed by atoms with Crippen LogP contribution in [0.3, 0.4) is 0 Å². The van der Waals surface area contributed by atoms with E-state index in [-0.39, 0.29) is 42.1 Å². The van der Waals surface area contributed by atoms with E-state index in [9.17, 15) is 19.8 Å². The summed E-state index contributed by atoms with van der Waals surface area (Å²) in [5, 5.41) is 24.7. The molecule has 2 unspecified atom stereocenters. The number of aliphatic hydroxyl groups is 2. The van der Waals surface area contributed by atoms with Crippen LogP contribution in [0.1, 0.15) is 99.8 Å². The second kappa shape index (κ2) is 11.9. The molecule has 8 heteroatoms. The van der Waals surface area contributed by atoms with E-state index in [0.29, 0.717) is 35.3 Å². The highest BCUT2D eigenvalue weighted by Gasteiger charge is 2.73. The van der Waals surface area contributed by atoms with Gasteiger partial charge >= 0.3 is 11.9 Å². The third-order valence-corrected chi connectivity index (χ3v) is 14.6. The Hall–Kier alpha value is -2.78. The first kappa shape index (κ1) is 33.4. The summed E-state index contributed by atoms with van der Waals surface area (Å²) in [4.78, 5) is 26.8. The number of esters is 2. The molecule has 0 aromatic heterocycles. The Morgan fingerprint density at radius 3 is 2.02 bits per heavy atom. The van der Waals surface area contributed by atoms with Crippen LogP contribution in [-0.4, -0.2) is 64.6 Å². The highest BCUT2D eigenvalue weighted by molar-refractivity contribution is 5.90. The highest BCUT2D eigenvalue weighted by atomic mass is 16.7. The van der Waals surface area contributed by atoms with Crippen molar-refractivity contribution in [1.82, 2.24) is 0 Å². The fraction of sp³-hybridized carbons (Fsp3) is 0.659. The predicted octanol–water partition coefficient (Wildman–Crippen LogP) is 6.58. The highest BCUT2D eigenvalue weighted by Crippen LogP contribution is 2.72. The largest absolute Gasteiger partial charge is 0.455 e. The lowest BCUT2D eigenvalue weighted by atomic mass is 9.42. The summed E-state index contributed by atoms with van der Waals surface area (Å²) < 4.78 is 25.7. The van der Waals surface area contributed by atoms with Gasteiger partial charge < -0.3 is 29.2 Å². The van der Waals surface area contributed by atoms with Gasteiger partial charge in [0, 0.05) is 24.2 Å². The van der Waals surface area contributed by atoms with E-state index in [1.165, 1.54) is 0 Å². The molecule has 1 spiro atoms. The third-order valence-electron chi connectivity index (χ3n) is 14.6. The molecule has 8 rings (SSSR count). The van der Waals surface area contributed by atoms with Crippen LogP contribution in [0.5, 0.6) is 0 Å². The SMILES string of the molecule is C[C@@H]1CC[C@@]2(OC1)O[C@H]1CC3[C@@H]4C[C@@H](O)[C@@]5(O)C[C@@H](OC(=O)c6ccccc6)[C@H](OC(=O)c6ccccc6)C[C@]5(C)C4CC[C@]3(C)[C@H]1[C@@H]2C. The minimum absolute atomic E-state index is 0.00912. The van der Waals surface area contributed by atoms with Gasteiger partial charge in [-0.1, -0.05) is 64.1 Å². The molecule has 49 heavy (non-hydrogen) atoms. The van der Waals surface area contributed by atoms with Crippen molar-refractivity contribution in [3.63, 3.8) is 0 Å². The van der Waals surface area contributed by atoms with Crippen molar-refractivity contribution in [3.8, 4) is 0 Å². The monoisotopic (exact) mass is 672 g/mol. The molecule has 6 fully saturated rings. The Morgan fingerprint density at radius 2 is 1.43 bits per heavy atom. The summed E-state index contributed by atoms with van der Waals surface area (Å²) >= 11 is 0. The van der Waals surface area contributed by atoms with Gasteiger partial charge in [0.1, 0.15) is 12.2 Å². The molecule has 264 valence electrons. The fourth-order valence-electron chi connectivity index (χ4n) is 12.1. The lowest BCUT2D eigenvalue weighted by Gasteiger charge is -2.66. The van der Waals surface area contributed by atoms with Gasteiger partial charge in [-0.25, -0.2) is 9.59 Å². The average Bonchev–Trinajstić information content (AvgIpc) is 3.54. The minimum atomic E-state index is -1.52. The maximum Gasteiger partial charge on any atom is 0.338 e. The molecule has 0 amide bonds. The Morgan fingerprint density at radius 1 is 0.816 bits per heavy atom. The molecule has 2 aromatic carbocycles. The zero-order valence-electron chi connectivity index (χ0n) is 29.3. The summed E-state index contributed by atoms with van der Waals surface area (Å²) in [7, 11) is 0. The first-order valence-corrected chi connectivity index (χ1v) is 18.6. The lowest BCUT2D eigenvalue weighted by Crippen LogP contribution is -2.71. The predicted molar refractivity (Wildman–Crippen MR) is 181 cm³/mol. The van der Waals surface area contributed by atoms with Gasteiger partial charge in [0.25, 0.3) is 0 Å². The number of hydrogen-bond donors (Lipinski definition) is 2.